The monoisotopic (exact) mass is 330 g/mol. The van der Waals surface area contributed by atoms with Gasteiger partial charge in [-0.15, -0.1) is 0 Å². The second kappa shape index (κ2) is 9.28. The topological polar surface area (TPSA) is 67.4 Å². The van der Waals surface area contributed by atoms with Crippen LogP contribution in [0, 0.1) is 5.92 Å². The number of hydrogen-bond donors (Lipinski definition) is 2. The summed E-state index contributed by atoms with van der Waals surface area (Å²) in [5, 5.41) is 5.82. The molecule has 128 valence electrons. The van der Waals surface area contributed by atoms with Crippen molar-refractivity contribution in [2.24, 2.45) is 5.92 Å². The van der Waals surface area contributed by atoms with Crippen molar-refractivity contribution in [1.82, 2.24) is 10.6 Å². The highest BCUT2D eigenvalue weighted by molar-refractivity contribution is 7.99. The zero-order chi connectivity index (χ0) is 16.6. The van der Waals surface area contributed by atoms with Crippen LogP contribution in [0.4, 0.5) is 4.79 Å². The minimum absolute atomic E-state index is 0.0982. The van der Waals surface area contributed by atoms with Crippen LogP contribution >= 0.6 is 11.8 Å². The standard InChI is InChI=1S/C16H30N2O3S/c1-12-7-5-6-8-13(12)18-14(19)11-22-10-9-17-15(20)21-16(2,3)4/h12-13H,5-11H2,1-4H3,(H,17,20)(H,18,19). The lowest BCUT2D eigenvalue weighted by atomic mass is 9.86. The zero-order valence-electron chi connectivity index (χ0n) is 14.2. The molecule has 5 nitrogen and oxygen atoms in total. The van der Waals surface area contributed by atoms with E-state index in [1.165, 1.54) is 31.0 Å². The molecule has 1 rings (SSSR count). The lowest BCUT2D eigenvalue weighted by Gasteiger charge is -2.29. The zero-order valence-corrected chi connectivity index (χ0v) is 15.1. The van der Waals surface area contributed by atoms with Crippen molar-refractivity contribution < 1.29 is 14.3 Å². The average Bonchev–Trinajstić information content (AvgIpc) is 2.39. The molecule has 0 spiro atoms. The predicted molar refractivity (Wildman–Crippen MR) is 91.1 cm³/mol. The highest BCUT2D eigenvalue weighted by atomic mass is 32.2. The Balaban J connectivity index is 2.06. The number of alkyl carbamates (subject to hydrolysis) is 1. The van der Waals surface area contributed by atoms with Gasteiger partial charge in [-0.2, -0.15) is 11.8 Å². The van der Waals surface area contributed by atoms with Crippen molar-refractivity contribution >= 4 is 23.8 Å². The molecule has 0 radical (unpaired) electrons. The molecule has 0 bridgehead atoms. The summed E-state index contributed by atoms with van der Waals surface area (Å²) in [5.74, 6) is 1.82. The molecule has 1 aliphatic rings. The van der Waals surface area contributed by atoms with Crippen LogP contribution in [0.15, 0.2) is 0 Å². The highest BCUT2D eigenvalue weighted by Gasteiger charge is 2.22. The lowest BCUT2D eigenvalue weighted by molar-refractivity contribution is -0.119. The summed E-state index contributed by atoms with van der Waals surface area (Å²) in [7, 11) is 0. The van der Waals surface area contributed by atoms with E-state index in [1.807, 2.05) is 20.8 Å². The van der Waals surface area contributed by atoms with E-state index in [-0.39, 0.29) is 5.91 Å². The van der Waals surface area contributed by atoms with Crippen LogP contribution < -0.4 is 10.6 Å². The quantitative estimate of drug-likeness (QED) is 0.735. The summed E-state index contributed by atoms with van der Waals surface area (Å²) >= 11 is 1.53. The molecule has 0 aromatic heterocycles. The number of amides is 2. The van der Waals surface area contributed by atoms with Gasteiger partial charge in [0.25, 0.3) is 0 Å². The van der Waals surface area contributed by atoms with Crippen LogP contribution in [-0.4, -0.2) is 41.7 Å². The van der Waals surface area contributed by atoms with Gasteiger partial charge in [0.15, 0.2) is 0 Å². The largest absolute Gasteiger partial charge is 0.444 e. The first-order chi connectivity index (χ1) is 10.3. The molecule has 0 heterocycles. The fourth-order valence-electron chi connectivity index (χ4n) is 2.48. The second-order valence-electron chi connectivity index (χ2n) is 6.92. The van der Waals surface area contributed by atoms with Crippen molar-refractivity contribution in [1.29, 1.82) is 0 Å². The molecule has 0 aromatic carbocycles. The van der Waals surface area contributed by atoms with E-state index in [4.69, 9.17) is 4.74 Å². The van der Waals surface area contributed by atoms with Crippen LogP contribution in [0.2, 0.25) is 0 Å². The van der Waals surface area contributed by atoms with Gasteiger partial charge in [-0.1, -0.05) is 19.8 Å². The molecule has 22 heavy (non-hydrogen) atoms. The van der Waals surface area contributed by atoms with E-state index in [1.54, 1.807) is 0 Å². The molecular weight excluding hydrogens is 300 g/mol. The molecule has 0 saturated heterocycles. The normalized spacial score (nSPS) is 22.0. The van der Waals surface area contributed by atoms with Gasteiger partial charge in [0, 0.05) is 18.3 Å². The smallest absolute Gasteiger partial charge is 0.407 e. The Hall–Kier alpha value is -0.910. The first kappa shape index (κ1) is 19.1. The lowest BCUT2D eigenvalue weighted by Crippen LogP contribution is -2.42. The van der Waals surface area contributed by atoms with E-state index in [0.717, 1.165) is 6.42 Å². The van der Waals surface area contributed by atoms with Crippen LogP contribution in [0.3, 0.4) is 0 Å². The second-order valence-corrected chi connectivity index (χ2v) is 8.02. The van der Waals surface area contributed by atoms with E-state index >= 15 is 0 Å². The first-order valence-corrected chi connectivity index (χ1v) is 9.27. The van der Waals surface area contributed by atoms with Crippen LogP contribution in [0.5, 0.6) is 0 Å². The van der Waals surface area contributed by atoms with Gasteiger partial charge >= 0.3 is 6.09 Å². The maximum absolute atomic E-state index is 11.9. The molecule has 0 aliphatic heterocycles. The minimum atomic E-state index is -0.478. The van der Waals surface area contributed by atoms with Crippen molar-refractivity contribution in [3.8, 4) is 0 Å². The first-order valence-electron chi connectivity index (χ1n) is 8.12. The molecule has 6 heteroatoms. The number of thioether (sulfide) groups is 1. The molecule has 1 fully saturated rings. The third kappa shape index (κ3) is 8.51. The molecule has 1 aliphatic carbocycles. The Kier molecular flexibility index (Phi) is 8.07. The number of ether oxygens (including phenoxy) is 1. The minimum Gasteiger partial charge on any atom is -0.444 e. The van der Waals surface area contributed by atoms with Crippen molar-refractivity contribution in [2.75, 3.05) is 18.1 Å². The number of rotatable bonds is 6. The fourth-order valence-corrected chi connectivity index (χ4v) is 3.14. The molecular formula is C16H30N2O3S. The molecule has 2 amide bonds. The van der Waals surface area contributed by atoms with Gasteiger partial charge in [-0.25, -0.2) is 4.79 Å². The summed E-state index contributed by atoms with van der Waals surface area (Å²) in [6.07, 6.45) is 4.38. The molecule has 2 N–H and O–H groups in total. The Morgan fingerprint density at radius 3 is 2.55 bits per heavy atom. The van der Waals surface area contributed by atoms with E-state index in [0.29, 0.717) is 30.0 Å². The molecule has 2 atom stereocenters. The van der Waals surface area contributed by atoms with E-state index in [2.05, 4.69) is 17.6 Å². The maximum Gasteiger partial charge on any atom is 0.407 e. The van der Waals surface area contributed by atoms with Gasteiger partial charge in [0.2, 0.25) is 5.91 Å². The van der Waals surface area contributed by atoms with E-state index < -0.39 is 11.7 Å². The number of carbonyl (C=O) groups is 2. The Bertz CT molecular complexity index is 369. The van der Waals surface area contributed by atoms with Crippen LogP contribution in [0.25, 0.3) is 0 Å². The number of carbonyl (C=O) groups excluding carboxylic acids is 2. The summed E-state index contributed by atoms with van der Waals surface area (Å²) in [4.78, 5) is 23.3. The van der Waals surface area contributed by atoms with Gasteiger partial charge in [0.1, 0.15) is 5.60 Å². The van der Waals surface area contributed by atoms with Crippen molar-refractivity contribution in [2.45, 2.75) is 65.0 Å². The van der Waals surface area contributed by atoms with Crippen molar-refractivity contribution in [3.63, 3.8) is 0 Å². The summed E-state index contributed by atoms with van der Waals surface area (Å²) in [6, 6.07) is 0.335. The van der Waals surface area contributed by atoms with E-state index in [9.17, 15) is 9.59 Å². The molecule has 1 saturated carbocycles. The summed E-state index contributed by atoms with van der Waals surface area (Å²) in [6.45, 7) is 8.21. The Labute approximate surface area is 138 Å². The van der Waals surface area contributed by atoms with Gasteiger partial charge in [-0.05, 0) is 39.5 Å². The third-order valence-corrected chi connectivity index (χ3v) is 4.56. The SMILES string of the molecule is CC1CCCCC1NC(=O)CSCCNC(=O)OC(C)(C)C. The Morgan fingerprint density at radius 1 is 1.23 bits per heavy atom. The van der Waals surface area contributed by atoms with Gasteiger partial charge in [0.05, 0.1) is 5.75 Å². The Morgan fingerprint density at radius 2 is 1.91 bits per heavy atom. The van der Waals surface area contributed by atoms with Crippen LogP contribution in [-0.2, 0) is 9.53 Å². The van der Waals surface area contributed by atoms with Crippen LogP contribution in [0.1, 0.15) is 53.4 Å². The summed E-state index contributed by atoms with van der Waals surface area (Å²) in [5.41, 5.74) is -0.478. The average molecular weight is 330 g/mol. The number of hydrogen-bond acceptors (Lipinski definition) is 4. The van der Waals surface area contributed by atoms with Gasteiger partial charge < -0.3 is 15.4 Å². The number of nitrogens with one attached hydrogen (secondary N) is 2. The molecule has 0 aromatic rings. The maximum atomic E-state index is 11.9. The predicted octanol–water partition coefficient (Wildman–Crippen LogP) is 2.94. The summed E-state index contributed by atoms with van der Waals surface area (Å²) < 4.78 is 5.14. The van der Waals surface area contributed by atoms with Gasteiger partial charge in [-0.3, -0.25) is 4.79 Å². The third-order valence-electron chi connectivity index (χ3n) is 3.61. The molecule has 2 unspecified atom stereocenters. The fraction of sp³-hybridized carbons (Fsp3) is 0.875. The van der Waals surface area contributed by atoms with Crippen molar-refractivity contribution in [3.05, 3.63) is 0 Å². The highest BCUT2D eigenvalue weighted by Crippen LogP contribution is 2.23.